The molecular weight excluding hydrogens is 723 g/mol. The number of nitrogens with zero attached hydrogens (tertiary/aromatic N) is 1. The van der Waals surface area contributed by atoms with Crippen molar-refractivity contribution in [1.82, 2.24) is 0 Å². The zero-order valence-corrected chi connectivity index (χ0v) is 34.9. The van der Waals surface area contributed by atoms with Gasteiger partial charge in [-0.1, -0.05) is 191 Å². The molecule has 2 aliphatic carbocycles. The summed E-state index contributed by atoms with van der Waals surface area (Å²) in [5, 5.41) is 0. The molecule has 0 aromatic heterocycles. The molecule has 60 heavy (non-hydrogen) atoms. The Labute approximate surface area is 355 Å². The molecule has 8 aromatic carbocycles. The van der Waals surface area contributed by atoms with Crippen molar-refractivity contribution in [2.75, 3.05) is 4.90 Å². The highest BCUT2D eigenvalue weighted by Gasteiger charge is 2.47. The Morgan fingerprint density at radius 2 is 0.967 bits per heavy atom. The van der Waals surface area contributed by atoms with Crippen LogP contribution in [0.2, 0.25) is 0 Å². The van der Waals surface area contributed by atoms with Gasteiger partial charge in [-0.3, -0.25) is 0 Å². The van der Waals surface area contributed by atoms with Crippen LogP contribution in [0.4, 0.5) is 17.1 Å². The van der Waals surface area contributed by atoms with E-state index < -0.39 is 5.41 Å². The first-order valence-electron chi connectivity index (χ1n) is 21.4. The summed E-state index contributed by atoms with van der Waals surface area (Å²) in [6.45, 7) is 9.04. The summed E-state index contributed by atoms with van der Waals surface area (Å²) in [6.07, 6.45) is 7.68. The highest BCUT2D eigenvalue weighted by atomic mass is 15.1. The number of rotatable bonds is 9. The number of hydrogen-bond acceptors (Lipinski definition) is 1. The standard InChI is InChI=1S/C59H49N/c1-5-7-19-41(6-2)43-28-31-47(32-29-43)60(48-33-36-51-50-26-17-18-27-54(50)58(3,4)55(51)39-48)49-34-37-53-52-35-30-44(42-20-11-8-12-21-42)38-56(52)59(57(53)40-49,45-22-13-9-14-23-45)46-24-15-10-16-25-46/h6-40H,5H2,1-4H3/b19-7-,41-6+. The minimum atomic E-state index is -0.558. The molecule has 2 aliphatic rings. The van der Waals surface area contributed by atoms with Crippen molar-refractivity contribution in [1.29, 1.82) is 0 Å². The van der Waals surface area contributed by atoms with E-state index in [2.05, 4.69) is 245 Å². The van der Waals surface area contributed by atoms with Gasteiger partial charge in [0.1, 0.15) is 0 Å². The molecule has 0 aliphatic heterocycles. The average molecular weight is 772 g/mol. The van der Waals surface area contributed by atoms with Crippen molar-refractivity contribution in [2.24, 2.45) is 0 Å². The number of fused-ring (bicyclic) bond motifs is 6. The van der Waals surface area contributed by atoms with Gasteiger partial charge >= 0.3 is 0 Å². The molecule has 1 heteroatoms. The molecule has 1 nitrogen and oxygen atoms in total. The van der Waals surface area contributed by atoms with Crippen LogP contribution in [-0.4, -0.2) is 0 Å². The van der Waals surface area contributed by atoms with Gasteiger partial charge in [0.15, 0.2) is 0 Å². The summed E-state index contributed by atoms with van der Waals surface area (Å²) in [7, 11) is 0. The quantitative estimate of drug-likeness (QED) is 0.132. The number of hydrogen-bond donors (Lipinski definition) is 0. The first-order valence-corrected chi connectivity index (χ1v) is 21.4. The smallest absolute Gasteiger partial charge is 0.0714 e. The van der Waals surface area contributed by atoms with Gasteiger partial charge in [-0.2, -0.15) is 0 Å². The van der Waals surface area contributed by atoms with E-state index in [4.69, 9.17) is 0 Å². The van der Waals surface area contributed by atoms with E-state index in [1.54, 1.807) is 0 Å². The zero-order valence-electron chi connectivity index (χ0n) is 34.9. The van der Waals surface area contributed by atoms with Crippen molar-refractivity contribution in [3.8, 4) is 33.4 Å². The Morgan fingerprint density at radius 3 is 1.58 bits per heavy atom. The van der Waals surface area contributed by atoms with Gasteiger partial charge in [0, 0.05) is 22.5 Å². The molecule has 0 unspecified atom stereocenters. The van der Waals surface area contributed by atoms with Crippen molar-refractivity contribution in [2.45, 2.75) is 44.9 Å². The van der Waals surface area contributed by atoms with Gasteiger partial charge in [0.05, 0.1) is 5.41 Å². The van der Waals surface area contributed by atoms with Crippen LogP contribution in [0.1, 0.15) is 73.1 Å². The molecule has 0 amide bonds. The molecule has 8 aromatic rings. The lowest BCUT2D eigenvalue weighted by Gasteiger charge is -2.35. The molecule has 0 saturated heterocycles. The van der Waals surface area contributed by atoms with Crippen LogP contribution in [0, 0.1) is 0 Å². The molecule has 0 heterocycles. The van der Waals surface area contributed by atoms with E-state index >= 15 is 0 Å². The zero-order chi connectivity index (χ0) is 40.8. The Kier molecular flexibility index (Phi) is 9.34. The minimum absolute atomic E-state index is 0.129. The summed E-state index contributed by atoms with van der Waals surface area (Å²) in [5.74, 6) is 0. The van der Waals surface area contributed by atoms with Crippen LogP contribution in [0.15, 0.2) is 212 Å². The molecule has 0 spiro atoms. The Morgan fingerprint density at radius 1 is 0.467 bits per heavy atom. The van der Waals surface area contributed by atoms with E-state index in [1.165, 1.54) is 77.9 Å². The second-order valence-corrected chi connectivity index (χ2v) is 16.7. The Balaban J connectivity index is 1.22. The summed E-state index contributed by atoms with van der Waals surface area (Å²) < 4.78 is 0. The fourth-order valence-electron chi connectivity index (χ4n) is 10.1. The SMILES string of the molecule is C/C=C(\C=C/CC)c1ccc(N(c2ccc3c(c2)C(C)(C)c2ccccc2-3)c2ccc3c(c2)C(c2ccccc2)(c2ccccc2)c2cc(-c4ccccc4)ccc2-3)cc1. The van der Waals surface area contributed by atoms with Gasteiger partial charge in [-0.05, 0) is 134 Å². The monoisotopic (exact) mass is 771 g/mol. The third-order valence-electron chi connectivity index (χ3n) is 13.0. The van der Waals surface area contributed by atoms with E-state index in [-0.39, 0.29) is 5.41 Å². The van der Waals surface area contributed by atoms with Gasteiger partial charge in [0.2, 0.25) is 0 Å². The minimum Gasteiger partial charge on any atom is -0.310 e. The van der Waals surface area contributed by atoms with Gasteiger partial charge in [0.25, 0.3) is 0 Å². The van der Waals surface area contributed by atoms with Crippen LogP contribution in [0.25, 0.3) is 39.0 Å². The van der Waals surface area contributed by atoms with Gasteiger partial charge in [-0.15, -0.1) is 0 Å². The molecule has 290 valence electrons. The summed E-state index contributed by atoms with van der Waals surface area (Å²) in [6, 6.07) is 72.5. The molecule has 0 fully saturated rings. The highest BCUT2D eigenvalue weighted by Crippen LogP contribution is 2.58. The number of anilines is 3. The fraction of sp³-hybridized carbons (Fsp3) is 0.119. The molecule has 0 N–H and O–H groups in total. The average Bonchev–Trinajstić information content (AvgIpc) is 3.72. The third kappa shape index (κ3) is 5.91. The normalized spacial score (nSPS) is 14.4. The van der Waals surface area contributed by atoms with Crippen LogP contribution in [0.3, 0.4) is 0 Å². The number of benzene rings is 8. The van der Waals surface area contributed by atoms with Crippen molar-refractivity contribution >= 4 is 22.6 Å². The summed E-state index contributed by atoms with van der Waals surface area (Å²) >= 11 is 0. The van der Waals surface area contributed by atoms with E-state index in [0.29, 0.717) is 0 Å². The second-order valence-electron chi connectivity index (χ2n) is 16.7. The van der Waals surface area contributed by atoms with Crippen LogP contribution < -0.4 is 4.90 Å². The number of allylic oxidation sites excluding steroid dienone is 4. The van der Waals surface area contributed by atoms with Crippen LogP contribution >= 0.6 is 0 Å². The van der Waals surface area contributed by atoms with Gasteiger partial charge in [-0.25, -0.2) is 0 Å². The summed E-state index contributed by atoms with van der Waals surface area (Å²) in [5.41, 5.74) is 20.6. The lowest BCUT2D eigenvalue weighted by molar-refractivity contribution is 0.660. The summed E-state index contributed by atoms with van der Waals surface area (Å²) in [4.78, 5) is 2.47. The van der Waals surface area contributed by atoms with E-state index in [9.17, 15) is 0 Å². The Bertz CT molecular complexity index is 2880. The molecule has 10 rings (SSSR count). The lowest BCUT2D eigenvalue weighted by atomic mass is 9.67. The maximum Gasteiger partial charge on any atom is 0.0714 e. The van der Waals surface area contributed by atoms with Gasteiger partial charge < -0.3 is 4.90 Å². The molecule has 0 bridgehead atoms. The lowest BCUT2D eigenvalue weighted by Crippen LogP contribution is -2.28. The maximum absolute atomic E-state index is 2.49. The molecule has 0 saturated carbocycles. The molecule has 0 atom stereocenters. The second kappa shape index (κ2) is 15.0. The fourth-order valence-corrected chi connectivity index (χ4v) is 10.1. The topological polar surface area (TPSA) is 3.24 Å². The highest BCUT2D eigenvalue weighted by molar-refractivity contribution is 5.92. The molecule has 0 radical (unpaired) electrons. The van der Waals surface area contributed by atoms with E-state index in [0.717, 1.165) is 23.5 Å². The van der Waals surface area contributed by atoms with E-state index in [1.807, 2.05) is 0 Å². The van der Waals surface area contributed by atoms with Crippen molar-refractivity contribution in [3.05, 3.63) is 251 Å². The first kappa shape index (κ1) is 37.3. The predicted octanol–water partition coefficient (Wildman–Crippen LogP) is 15.9. The predicted molar refractivity (Wildman–Crippen MR) is 255 cm³/mol. The van der Waals surface area contributed by atoms with Crippen LogP contribution in [0.5, 0.6) is 0 Å². The largest absolute Gasteiger partial charge is 0.310 e. The molecular formula is C59H49N. The maximum atomic E-state index is 2.49. The van der Waals surface area contributed by atoms with Crippen molar-refractivity contribution < 1.29 is 0 Å². The Hall–Kier alpha value is -6.96. The first-order chi connectivity index (χ1) is 29.4. The van der Waals surface area contributed by atoms with Crippen LogP contribution in [-0.2, 0) is 10.8 Å². The van der Waals surface area contributed by atoms with Crippen molar-refractivity contribution in [3.63, 3.8) is 0 Å². The third-order valence-corrected chi connectivity index (χ3v) is 13.0.